The van der Waals surface area contributed by atoms with Crippen LogP contribution in [-0.4, -0.2) is 24.2 Å². The average Bonchev–Trinajstić information content (AvgIpc) is 3.05. The first-order chi connectivity index (χ1) is 14.1. The molecule has 0 saturated carbocycles. The van der Waals surface area contributed by atoms with Crippen LogP contribution in [0.2, 0.25) is 0 Å². The van der Waals surface area contributed by atoms with E-state index in [-0.39, 0.29) is 5.91 Å². The van der Waals surface area contributed by atoms with Crippen molar-refractivity contribution in [1.82, 2.24) is 10.6 Å². The van der Waals surface area contributed by atoms with Crippen LogP contribution in [0.1, 0.15) is 43.7 Å². The number of hydrogen-bond acceptors (Lipinski definition) is 4. The van der Waals surface area contributed by atoms with Crippen molar-refractivity contribution >= 4 is 29.3 Å². The quantitative estimate of drug-likeness (QED) is 0.365. The van der Waals surface area contributed by atoms with Gasteiger partial charge in [-0.15, -0.1) is 0 Å². The molecule has 1 heterocycles. The first kappa shape index (κ1) is 20.9. The van der Waals surface area contributed by atoms with E-state index in [1.54, 1.807) is 6.08 Å². The molecule has 1 amide bonds. The van der Waals surface area contributed by atoms with Crippen molar-refractivity contribution in [3.05, 3.63) is 65.4 Å². The number of nitrogens with one attached hydrogen (secondary N) is 2. The number of carbonyl (C=O) groups is 1. The summed E-state index contributed by atoms with van der Waals surface area (Å²) in [5.74, 6) is 1.91. The molecule has 1 aliphatic rings. The summed E-state index contributed by atoms with van der Waals surface area (Å²) in [5, 5.41) is 5.71. The lowest BCUT2D eigenvalue weighted by Gasteiger charge is -2.12. The largest absolute Gasteiger partial charge is 0.493 e. The van der Waals surface area contributed by atoms with E-state index in [0.717, 1.165) is 24.2 Å². The van der Waals surface area contributed by atoms with Gasteiger partial charge in [0.05, 0.1) is 13.2 Å². The molecule has 0 unspecified atom stereocenters. The van der Waals surface area contributed by atoms with Crippen molar-refractivity contribution in [3.63, 3.8) is 0 Å². The van der Waals surface area contributed by atoms with Gasteiger partial charge in [-0.3, -0.25) is 10.1 Å². The molecular formula is C23H26N2O3S. The summed E-state index contributed by atoms with van der Waals surface area (Å²) in [6.45, 7) is 5.51. The van der Waals surface area contributed by atoms with Gasteiger partial charge in [0, 0.05) is 12.0 Å². The Morgan fingerprint density at radius 2 is 1.76 bits per heavy atom. The molecule has 6 heteroatoms. The molecule has 0 aromatic heterocycles. The van der Waals surface area contributed by atoms with Crippen molar-refractivity contribution in [2.45, 2.75) is 32.6 Å². The Morgan fingerprint density at radius 3 is 2.45 bits per heavy atom. The standard InChI is InChI=1S/C23H26N2O3S/c1-3-16(2)17-9-11-19(12-10-17)27-13-6-14-28-21-8-5-4-7-18(21)15-20-22(26)25-23(29)24-20/h4-5,7-12,15-16H,3,6,13-14H2,1-2H3,(H2,24,25,26,29)/b20-15-/t16-/m0/s1. The molecule has 0 aliphatic carbocycles. The number of hydrogen-bond donors (Lipinski definition) is 2. The minimum absolute atomic E-state index is 0.238. The second-order valence-corrected chi connectivity index (χ2v) is 7.34. The maximum Gasteiger partial charge on any atom is 0.273 e. The summed E-state index contributed by atoms with van der Waals surface area (Å²) in [5.41, 5.74) is 2.56. The molecule has 2 N–H and O–H groups in total. The van der Waals surface area contributed by atoms with Crippen LogP contribution in [0.25, 0.3) is 6.08 Å². The maximum absolute atomic E-state index is 11.8. The van der Waals surface area contributed by atoms with Gasteiger partial charge in [0.2, 0.25) is 0 Å². The van der Waals surface area contributed by atoms with Crippen LogP contribution in [0.5, 0.6) is 11.5 Å². The number of carbonyl (C=O) groups excluding carboxylic acids is 1. The second-order valence-electron chi connectivity index (χ2n) is 6.93. The van der Waals surface area contributed by atoms with Crippen molar-refractivity contribution < 1.29 is 14.3 Å². The zero-order valence-corrected chi connectivity index (χ0v) is 17.6. The highest BCUT2D eigenvalue weighted by atomic mass is 32.1. The van der Waals surface area contributed by atoms with Gasteiger partial charge in [0.15, 0.2) is 5.11 Å². The van der Waals surface area contributed by atoms with Gasteiger partial charge in [-0.05, 0) is 54.4 Å². The molecule has 2 aromatic rings. The topological polar surface area (TPSA) is 59.6 Å². The van der Waals surface area contributed by atoms with E-state index in [9.17, 15) is 4.79 Å². The molecule has 0 spiro atoms. The first-order valence-corrected chi connectivity index (χ1v) is 10.3. The van der Waals surface area contributed by atoms with Crippen LogP contribution in [0.4, 0.5) is 0 Å². The summed E-state index contributed by atoms with van der Waals surface area (Å²) in [4.78, 5) is 11.8. The highest BCUT2D eigenvalue weighted by molar-refractivity contribution is 7.80. The normalized spacial score (nSPS) is 15.7. The summed E-state index contributed by atoms with van der Waals surface area (Å²) in [6, 6.07) is 15.9. The van der Waals surface area contributed by atoms with Gasteiger partial charge < -0.3 is 14.8 Å². The fraction of sp³-hybridized carbons (Fsp3) is 0.304. The number of amides is 1. The number of benzene rings is 2. The molecular weight excluding hydrogens is 384 g/mol. The Balaban J connectivity index is 1.48. The molecule has 29 heavy (non-hydrogen) atoms. The Hall–Kier alpha value is -2.86. The predicted molar refractivity (Wildman–Crippen MR) is 119 cm³/mol. The number of ether oxygens (including phenoxy) is 2. The van der Waals surface area contributed by atoms with Crippen molar-refractivity contribution in [2.24, 2.45) is 0 Å². The lowest BCUT2D eigenvalue weighted by atomic mass is 9.99. The zero-order chi connectivity index (χ0) is 20.6. The highest BCUT2D eigenvalue weighted by Gasteiger charge is 2.20. The van der Waals surface area contributed by atoms with Gasteiger partial charge >= 0.3 is 0 Å². The Bertz CT molecular complexity index is 893. The van der Waals surface area contributed by atoms with E-state index < -0.39 is 0 Å². The summed E-state index contributed by atoms with van der Waals surface area (Å²) >= 11 is 4.96. The lowest BCUT2D eigenvalue weighted by molar-refractivity contribution is -0.115. The lowest BCUT2D eigenvalue weighted by Crippen LogP contribution is -2.21. The monoisotopic (exact) mass is 410 g/mol. The van der Waals surface area contributed by atoms with Gasteiger partial charge in [0.25, 0.3) is 5.91 Å². The Morgan fingerprint density at radius 1 is 1.03 bits per heavy atom. The van der Waals surface area contributed by atoms with E-state index in [1.165, 1.54) is 5.56 Å². The highest BCUT2D eigenvalue weighted by Crippen LogP contribution is 2.23. The Kier molecular flexibility index (Phi) is 7.25. The van der Waals surface area contributed by atoms with Crippen LogP contribution >= 0.6 is 12.2 Å². The van der Waals surface area contributed by atoms with E-state index in [4.69, 9.17) is 21.7 Å². The van der Waals surface area contributed by atoms with Crippen LogP contribution in [0.15, 0.2) is 54.2 Å². The minimum Gasteiger partial charge on any atom is -0.493 e. The summed E-state index contributed by atoms with van der Waals surface area (Å²) in [7, 11) is 0. The molecule has 1 atom stereocenters. The van der Waals surface area contributed by atoms with Crippen molar-refractivity contribution in [2.75, 3.05) is 13.2 Å². The van der Waals surface area contributed by atoms with Crippen molar-refractivity contribution in [1.29, 1.82) is 0 Å². The molecule has 1 fully saturated rings. The summed E-state index contributed by atoms with van der Waals surface area (Å²) < 4.78 is 11.7. The van der Waals surface area contributed by atoms with Crippen LogP contribution in [0.3, 0.4) is 0 Å². The van der Waals surface area contributed by atoms with Gasteiger partial charge in [-0.1, -0.05) is 44.2 Å². The minimum atomic E-state index is -0.238. The van der Waals surface area contributed by atoms with E-state index in [1.807, 2.05) is 36.4 Å². The van der Waals surface area contributed by atoms with Crippen molar-refractivity contribution in [3.8, 4) is 11.5 Å². The smallest absolute Gasteiger partial charge is 0.273 e. The van der Waals surface area contributed by atoms with Crippen LogP contribution < -0.4 is 20.1 Å². The summed E-state index contributed by atoms with van der Waals surface area (Å²) in [6.07, 6.45) is 3.61. The molecule has 2 aromatic carbocycles. The van der Waals surface area contributed by atoms with Crippen LogP contribution in [-0.2, 0) is 4.79 Å². The number of para-hydroxylation sites is 1. The molecule has 1 saturated heterocycles. The van der Waals surface area contributed by atoms with E-state index >= 15 is 0 Å². The van der Waals surface area contributed by atoms with Gasteiger partial charge in [-0.2, -0.15) is 0 Å². The molecule has 1 aliphatic heterocycles. The van der Waals surface area contributed by atoms with E-state index in [0.29, 0.717) is 35.7 Å². The third kappa shape index (κ3) is 5.81. The fourth-order valence-electron chi connectivity index (χ4n) is 2.93. The van der Waals surface area contributed by atoms with Crippen LogP contribution in [0, 0.1) is 0 Å². The molecule has 3 rings (SSSR count). The molecule has 0 bridgehead atoms. The maximum atomic E-state index is 11.8. The molecule has 152 valence electrons. The predicted octanol–water partition coefficient (Wildman–Crippen LogP) is 4.39. The second kappa shape index (κ2) is 10.1. The fourth-order valence-corrected chi connectivity index (χ4v) is 3.13. The van der Waals surface area contributed by atoms with Gasteiger partial charge in [0.1, 0.15) is 17.2 Å². The molecule has 5 nitrogen and oxygen atoms in total. The number of rotatable bonds is 9. The third-order valence-corrected chi connectivity index (χ3v) is 5.02. The SMILES string of the molecule is CC[C@H](C)c1ccc(OCCCOc2ccccc2/C=C2\NC(=S)NC2=O)cc1. The first-order valence-electron chi connectivity index (χ1n) is 9.85. The van der Waals surface area contributed by atoms with E-state index in [2.05, 4.69) is 36.6 Å². The van der Waals surface area contributed by atoms with Gasteiger partial charge in [-0.25, -0.2) is 0 Å². The molecule has 0 radical (unpaired) electrons. The average molecular weight is 411 g/mol. The number of thiocarbonyl (C=S) groups is 1. The zero-order valence-electron chi connectivity index (χ0n) is 16.7. The third-order valence-electron chi connectivity index (χ3n) is 4.82. The Labute approximate surface area is 177 Å².